The molecule has 16 heavy (non-hydrogen) atoms. The Bertz CT molecular complexity index is 462. The SMILES string of the molecule is O=C(O)CSC1(O)C(=O)Nc2ccccc21. The van der Waals surface area contributed by atoms with Gasteiger partial charge in [0.15, 0.2) is 0 Å². The van der Waals surface area contributed by atoms with E-state index in [1.807, 2.05) is 0 Å². The topological polar surface area (TPSA) is 86.6 Å². The molecule has 1 atom stereocenters. The second-order valence-electron chi connectivity index (χ2n) is 3.33. The van der Waals surface area contributed by atoms with Gasteiger partial charge in [-0.2, -0.15) is 0 Å². The van der Waals surface area contributed by atoms with E-state index in [-0.39, 0.29) is 5.75 Å². The molecule has 0 fully saturated rings. The molecule has 1 aliphatic rings. The minimum absolute atomic E-state index is 0.335. The van der Waals surface area contributed by atoms with Crippen LogP contribution in [0.5, 0.6) is 0 Å². The van der Waals surface area contributed by atoms with Crippen LogP contribution in [0.15, 0.2) is 24.3 Å². The molecule has 1 unspecified atom stereocenters. The first-order valence-corrected chi connectivity index (χ1v) is 5.51. The van der Waals surface area contributed by atoms with Crippen molar-refractivity contribution in [2.24, 2.45) is 0 Å². The Balaban J connectivity index is 2.33. The summed E-state index contributed by atoms with van der Waals surface area (Å²) in [6.07, 6.45) is 0. The minimum atomic E-state index is -1.80. The highest BCUT2D eigenvalue weighted by atomic mass is 32.2. The van der Waals surface area contributed by atoms with Crippen LogP contribution >= 0.6 is 11.8 Å². The molecule has 0 bridgehead atoms. The lowest BCUT2D eigenvalue weighted by atomic mass is 10.1. The third-order valence-electron chi connectivity index (χ3n) is 2.25. The van der Waals surface area contributed by atoms with Crippen LogP contribution in [0.3, 0.4) is 0 Å². The number of carboxylic acids is 1. The number of benzene rings is 1. The Morgan fingerprint density at radius 2 is 2.12 bits per heavy atom. The molecule has 2 rings (SSSR count). The molecule has 1 aromatic carbocycles. The number of thioether (sulfide) groups is 1. The number of aliphatic hydroxyl groups is 1. The highest BCUT2D eigenvalue weighted by molar-refractivity contribution is 8.01. The summed E-state index contributed by atoms with van der Waals surface area (Å²) >= 11 is 0.689. The summed E-state index contributed by atoms with van der Waals surface area (Å²) in [5.74, 6) is -2.01. The summed E-state index contributed by atoms with van der Waals surface area (Å²) in [7, 11) is 0. The predicted molar refractivity (Wildman–Crippen MR) is 59.1 cm³/mol. The number of hydrogen-bond donors (Lipinski definition) is 3. The fourth-order valence-corrected chi connectivity index (χ4v) is 2.37. The van der Waals surface area contributed by atoms with E-state index in [1.54, 1.807) is 24.3 Å². The lowest BCUT2D eigenvalue weighted by molar-refractivity contribution is -0.133. The van der Waals surface area contributed by atoms with E-state index in [2.05, 4.69) is 5.32 Å². The number of nitrogens with one attached hydrogen (secondary N) is 1. The highest BCUT2D eigenvalue weighted by Gasteiger charge is 2.46. The summed E-state index contributed by atoms with van der Waals surface area (Å²) in [5, 5.41) is 21.2. The number of fused-ring (bicyclic) bond motifs is 1. The van der Waals surface area contributed by atoms with Crippen molar-refractivity contribution in [3.05, 3.63) is 29.8 Å². The summed E-state index contributed by atoms with van der Waals surface area (Å²) in [4.78, 5) is 20.2. The largest absolute Gasteiger partial charge is 0.481 e. The van der Waals surface area contributed by atoms with Crippen LogP contribution in [-0.2, 0) is 14.5 Å². The van der Waals surface area contributed by atoms with Crippen LogP contribution in [0.1, 0.15) is 5.56 Å². The van der Waals surface area contributed by atoms with Crippen molar-refractivity contribution in [2.75, 3.05) is 11.1 Å². The maximum absolute atomic E-state index is 11.6. The van der Waals surface area contributed by atoms with Gasteiger partial charge in [-0.25, -0.2) is 0 Å². The summed E-state index contributed by atoms with van der Waals surface area (Å²) < 4.78 is 0. The second-order valence-corrected chi connectivity index (χ2v) is 4.49. The molecular weight excluding hydrogens is 230 g/mol. The van der Waals surface area contributed by atoms with Gasteiger partial charge in [0.1, 0.15) is 0 Å². The summed E-state index contributed by atoms with van der Waals surface area (Å²) in [5.41, 5.74) is 0.930. The molecule has 0 aromatic heterocycles. The van der Waals surface area contributed by atoms with Crippen molar-refractivity contribution in [3.8, 4) is 0 Å². The molecule has 0 aliphatic carbocycles. The maximum atomic E-state index is 11.6. The third-order valence-corrected chi connectivity index (χ3v) is 3.47. The fourth-order valence-electron chi connectivity index (χ4n) is 1.53. The van der Waals surface area contributed by atoms with Gasteiger partial charge in [0.25, 0.3) is 5.91 Å². The van der Waals surface area contributed by atoms with Crippen LogP contribution in [-0.4, -0.2) is 27.8 Å². The molecule has 0 saturated heterocycles. The number of carboxylic acid groups (broad SMARTS) is 1. The number of hydrogen-bond acceptors (Lipinski definition) is 4. The van der Waals surface area contributed by atoms with Crippen LogP contribution in [0, 0.1) is 0 Å². The van der Waals surface area contributed by atoms with Gasteiger partial charge in [0.2, 0.25) is 4.93 Å². The standard InChI is InChI=1S/C10H9NO4S/c12-8(13)5-16-10(15)6-3-1-2-4-7(6)11-9(10)14/h1-4,15H,5H2,(H,11,14)(H,12,13). The first-order valence-electron chi connectivity index (χ1n) is 4.53. The minimum Gasteiger partial charge on any atom is -0.481 e. The molecule has 1 amide bonds. The van der Waals surface area contributed by atoms with Crippen molar-refractivity contribution in [1.82, 2.24) is 0 Å². The molecule has 0 saturated carbocycles. The molecular formula is C10H9NO4S. The van der Waals surface area contributed by atoms with E-state index in [0.717, 1.165) is 0 Å². The monoisotopic (exact) mass is 239 g/mol. The van der Waals surface area contributed by atoms with E-state index in [9.17, 15) is 14.7 Å². The Hall–Kier alpha value is -1.53. The van der Waals surface area contributed by atoms with Crippen molar-refractivity contribution in [1.29, 1.82) is 0 Å². The number of anilines is 1. The zero-order valence-corrected chi connectivity index (χ0v) is 8.95. The van der Waals surface area contributed by atoms with Crippen molar-refractivity contribution < 1.29 is 19.8 Å². The third kappa shape index (κ3) is 1.66. The van der Waals surface area contributed by atoms with Gasteiger partial charge in [-0.1, -0.05) is 18.2 Å². The zero-order valence-electron chi connectivity index (χ0n) is 8.14. The van der Waals surface area contributed by atoms with Gasteiger partial charge in [-0.3, -0.25) is 9.59 Å². The number of para-hydroxylation sites is 1. The Morgan fingerprint density at radius 3 is 2.81 bits per heavy atom. The van der Waals surface area contributed by atoms with Crippen LogP contribution < -0.4 is 5.32 Å². The molecule has 3 N–H and O–H groups in total. The molecule has 84 valence electrons. The van der Waals surface area contributed by atoms with Crippen molar-refractivity contribution in [3.63, 3.8) is 0 Å². The predicted octanol–water partition coefficient (Wildman–Crippen LogP) is 0.602. The average Bonchev–Trinajstić information content (AvgIpc) is 2.50. The Morgan fingerprint density at radius 1 is 1.44 bits per heavy atom. The van der Waals surface area contributed by atoms with E-state index in [0.29, 0.717) is 23.0 Å². The maximum Gasteiger partial charge on any atom is 0.313 e. The van der Waals surface area contributed by atoms with Gasteiger partial charge in [-0.05, 0) is 6.07 Å². The van der Waals surface area contributed by atoms with Gasteiger partial charge >= 0.3 is 5.97 Å². The van der Waals surface area contributed by atoms with Crippen molar-refractivity contribution in [2.45, 2.75) is 4.93 Å². The van der Waals surface area contributed by atoms with Crippen LogP contribution in [0.4, 0.5) is 5.69 Å². The molecule has 1 aliphatic heterocycles. The van der Waals surface area contributed by atoms with E-state index >= 15 is 0 Å². The number of carbonyl (C=O) groups excluding carboxylic acids is 1. The zero-order chi connectivity index (χ0) is 11.8. The van der Waals surface area contributed by atoms with E-state index < -0.39 is 16.8 Å². The number of amides is 1. The molecule has 6 heteroatoms. The molecule has 1 aromatic rings. The fraction of sp³-hybridized carbons (Fsp3) is 0.200. The average molecular weight is 239 g/mol. The molecule has 0 radical (unpaired) electrons. The smallest absolute Gasteiger partial charge is 0.313 e. The first-order chi connectivity index (χ1) is 7.54. The lowest BCUT2D eigenvalue weighted by Crippen LogP contribution is -2.31. The quantitative estimate of drug-likeness (QED) is 0.672. The normalized spacial score (nSPS) is 22.7. The van der Waals surface area contributed by atoms with E-state index in [1.165, 1.54) is 0 Å². The molecule has 1 heterocycles. The van der Waals surface area contributed by atoms with Crippen molar-refractivity contribution >= 4 is 29.3 Å². The van der Waals surface area contributed by atoms with Gasteiger partial charge < -0.3 is 15.5 Å². The first kappa shape index (κ1) is 11.0. The van der Waals surface area contributed by atoms with Gasteiger partial charge in [0.05, 0.1) is 5.75 Å². The Labute approximate surface area is 95.5 Å². The molecule has 5 nitrogen and oxygen atoms in total. The summed E-state index contributed by atoms with van der Waals surface area (Å²) in [6.45, 7) is 0. The van der Waals surface area contributed by atoms with Crippen LogP contribution in [0.25, 0.3) is 0 Å². The lowest BCUT2D eigenvalue weighted by Gasteiger charge is -2.18. The molecule has 0 spiro atoms. The number of rotatable bonds is 3. The summed E-state index contributed by atoms with van der Waals surface area (Å²) in [6, 6.07) is 6.67. The second kappa shape index (κ2) is 3.80. The van der Waals surface area contributed by atoms with Gasteiger partial charge in [0, 0.05) is 11.3 Å². The Kier molecular flexibility index (Phi) is 2.61. The van der Waals surface area contributed by atoms with Crippen LogP contribution in [0.2, 0.25) is 0 Å². The van der Waals surface area contributed by atoms with E-state index in [4.69, 9.17) is 5.11 Å². The van der Waals surface area contributed by atoms with Gasteiger partial charge in [-0.15, -0.1) is 11.8 Å². The number of aliphatic carboxylic acids is 1. The highest BCUT2D eigenvalue weighted by Crippen LogP contribution is 2.43. The number of carbonyl (C=O) groups is 2.